The second kappa shape index (κ2) is 6.02. The number of nitrogens with one attached hydrogen (secondary N) is 2. The molecule has 2 N–H and O–H groups in total. The van der Waals surface area contributed by atoms with E-state index in [4.69, 9.17) is 0 Å². The molecule has 2 unspecified atom stereocenters. The van der Waals surface area contributed by atoms with Gasteiger partial charge in [-0.15, -0.1) is 0 Å². The first-order valence-corrected chi connectivity index (χ1v) is 6.74. The number of nitrogens with zero attached hydrogens (tertiary/aromatic N) is 2. The van der Waals surface area contributed by atoms with Crippen LogP contribution in [0.3, 0.4) is 0 Å². The van der Waals surface area contributed by atoms with Crippen LogP contribution in [0.4, 0.5) is 5.82 Å². The summed E-state index contributed by atoms with van der Waals surface area (Å²) in [6, 6.07) is 3.83. The molecule has 0 bridgehead atoms. The number of aromatic nitrogens is 1. The van der Waals surface area contributed by atoms with E-state index in [0.717, 1.165) is 19.5 Å². The second-order valence-electron chi connectivity index (χ2n) is 5.26. The fraction of sp³-hybridized carbons (Fsp3) is 0.571. The SMILES string of the molecule is CNc1ncccc1C(=O)NC1CCN(C)CC1C. The highest BCUT2D eigenvalue weighted by Gasteiger charge is 2.26. The number of rotatable bonds is 3. The van der Waals surface area contributed by atoms with Gasteiger partial charge in [0.15, 0.2) is 0 Å². The summed E-state index contributed by atoms with van der Waals surface area (Å²) in [5, 5.41) is 6.09. The van der Waals surface area contributed by atoms with Crippen LogP contribution >= 0.6 is 0 Å². The molecule has 2 rings (SSSR count). The number of likely N-dealkylation sites (tertiary alicyclic amines) is 1. The predicted molar refractivity (Wildman–Crippen MR) is 76.3 cm³/mol. The van der Waals surface area contributed by atoms with Crippen LogP contribution in [0.2, 0.25) is 0 Å². The topological polar surface area (TPSA) is 57.3 Å². The second-order valence-corrected chi connectivity index (χ2v) is 5.26. The Morgan fingerprint density at radius 2 is 2.32 bits per heavy atom. The van der Waals surface area contributed by atoms with Gasteiger partial charge in [0, 0.05) is 25.8 Å². The summed E-state index contributed by atoms with van der Waals surface area (Å²) in [4.78, 5) is 18.8. The van der Waals surface area contributed by atoms with E-state index in [1.807, 2.05) is 0 Å². The van der Waals surface area contributed by atoms with E-state index in [1.165, 1.54) is 0 Å². The molecule has 0 saturated carbocycles. The number of carbonyl (C=O) groups is 1. The van der Waals surface area contributed by atoms with E-state index in [1.54, 1.807) is 25.4 Å². The molecule has 2 atom stereocenters. The summed E-state index contributed by atoms with van der Waals surface area (Å²) in [6.07, 6.45) is 2.68. The van der Waals surface area contributed by atoms with Crippen molar-refractivity contribution >= 4 is 11.7 Å². The molecule has 1 aliphatic heterocycles. The van der Waals surface area contributed by atoms with Gasteiger partial charge in [-0.3, -0.25) is 4.79 Å². The van der Waals surface area contributed by atoms with E-state index in [-0.39, 0.29) is 11.9 Å². The standard InChI is InChI=1S/C14H22N4O/c1-10-9-18(3)8-6-12(10)17-14(19)11-5-4-7-16-13(11)15-2/h4-5,7,10,12H,6,8-9H2,1-3H3,(H,15,16)(H,17,19). The Hall–Kier alpha value is -1.62. The van der Waals surface area contributed by atoms with Crippen LogP contribution in [0.15, 0.2) is 18.3 Å². The van der Waals surface area contributed by atoms with Crippen molar-refractivity contribution in [2.45, 2.75) is 19.4 Å². The highest BCUT2D eigenvalue weighted by Crippen LogP contribution is 2.17. The van der Waals surface area contributed by atoms with Crippen molar-refractivity contribution in [2.75, 3.05) is 32.5 Å². The number of amides is 1. The molecule has 19 heavy (non-hydrogen) atoms. The molecule has 1 amide bonds. The molecule has 1 saturated heterocycles. The summed E-state index contributed by atoms with van der Waals surface area (Å²) < 4.78 is 0. The fourth-order valence-electron chi connectivity index (χ4n) is 2.60. The van der Waals surface area contributed by atoms with Crippen molar-refractivity contribution in [3.05, 3.63) is 23.9 Å². The van der Waals surface area contributed by atoms with E-state index >= 15 is 0 Å². The molecule has 5 heteroatoms. The molecule has 1 fully saturated rings. The van der Waals surface area contributed by atoms with Crippen LogP contribution in [0.25, 0.3) is 0 Å². The lowest BCUT2D eigenvalue weighted by molar-refractivity contribution is 0.0884. The number of hydrogen-bond donors (Lipinski definition) is 2. The Kier molecular flexibility index (Phi) is 4.37. The van der Waals surface area contributed by atoms with Gasteiger partial charge in [-0.25, -0.2) is 4.98 Å². The molecule has 1 aromatic rings. The van der Waals surface area contributed by atoms with Gasteiger partial charge in [-0.05, 0) is 38.1 Å². The van der Waals surface area contributed by atoms with Gasteiger partial charge in [0.05, 0.1) is 5.56 Å². The maximum atomic E-state index is 12.3. The van der Waals surface area contributed by atoms with E-state index in [0.29, 0.717) is 17.3 Å². The van der Waals surface area contributed by atoms with Gasteiger partial charge in [-0.2, -0.15) is 0 Å². The Bertz CT molecular complexity index is 449. The normalized spacial score (nSPS) is 23.9. The first-order valence-electron chi connectivity index (χ1n) is 6.74. The molecular weight excluding hydrogens is 240 g/mol. The third-order valence-corrected chi connectivity index (χ3v) is 3.71. The first kappa shape index (κ1) is 13.8. The summed E-state index contributed by atoms with van der Waals surface area (Å²) >= 11 is 0. The van der Waals surface area contributed by atoms with E-state index in [2.05, 4.69) is 34.5 Å². The van der Waals surface area contributed by atoms with Crippen molar-refractivity contribution in [3.8, 4) is 0 Å². The molecule has 0 aromatic carbocycles. The minimum Gasteiger partial charge on any atom is -0.372 e. The lowest BCUT2D eigenvalue weighted by Crippen LogP contribution is -2.48. The van der Waals surface area contributed by atoms with Crippen LogP contribution in [0, 0.1) is 5.92 Å². The number of pyridine rings is 1. The number of hydrogen-bond acceptors (Lipinski definition) is 4. The summed E-state index contributed by atoms with van der Waals surface area (Å²) in [6.45, 7) is 4.24. The largest absolute Gasteiger partial charge is 0.372 e. The maximum Gasteiger partial charge on any atom is 0.255 e. The minimum atomic E-state index is -0.0427. The molecule has 5 nitrogen and oxygen atoms in total. The molecular formula is C14H22N4O. The Labute approximate surface area is 114 Å². The van der Waals surface area contributed by atoms with Gasteiger partial charge in [0.2, 0.25) is 0 Å². The lowest BCUT2D eigenvalue weighted by Gasteiger charge is -2.35. The predicted octanol–water partition coefficient (Wildman–Crippen LogP) is 1.19. The lowest BCUT2D eigenvalue weighted by atomic mass is 9.94. The van der Waals surface area contributed by atoms with E-state index < -0.39 is 0 Å². The average Bonchev–Trinajstić information content (AvgIpc) is 2.41. The van der Waals surface area contributed by atoms with Crippen LogP contribution < -0.4 is 10.6 Å². The highest BCUT2D eigenvalue weighted by atomic mass is 16.1. The van der Waals surface area contributed by atoms with E-state index in [9.17, 15) is 4.79 Å². The van der Waals surface area contributed by atoms with Gasteiger partial charge in [0.1, 0.15) is 5.82 Å². The van der Waals surface area contributed by atoms with Gasteiger partial charge in [0.25, 0.3) is 5.91 Å². The van der Waals surface area contributed by atoms with Crippen LogP contribution in [0.5, 0.6) is 0 Å². The Balaban J connectivity index is 2.04. The smallest absolute Gasteiger partial charge is 0.255 e. The summed E-state index contributed by atoms with van der Waals surface area (Å²) in [5.74, 6) is 1.05. The molecule has 0 spiro atoms. The molecule has 0 aliphatic carbocycles. The zero-order valence-electron chi connectivity index (χ0n) is 11.8. The Morgan fingerprint density at radius 3 is 3.00 bits per heavy atom. The number of carbonyl (C=O) groups excluding carboxylic acids is 1. The molecule has 104 valence electrons. The van der Waals surface area contributed by atoms with Crippen molar-refractivity contribution in [3.63, 3.8) is 0 Å². The first-order chi connectivity index (χ1) is 9.11. The van der Waals surface area contributed by atoms with Gasteiger partial charge in [-0.1, -0.05) is 6.92 Å². The third kappa shape index (κ3) is 3.23. The monoisotopic (exact) mass is 262 g/mol. The van der Waals surface area contributed by atoms with Crippen LogP contribution in [0.1, 0.15) is 23.7 Å². The molecule has 1 aliphatic rings. The fourth-order valence-corrected chi connectivity index (χ4v) is 2.60. The van der Waals surface area contributed by atoms with Gasteiger partial charge < -0.3 is 15.5 Å². The molecule has 2 heterocycles. The average molecular weight is 262 g/mol. The number of piperidine rings is 1. The zero-order valence-corrected chi connectivity index (χ0v) is 11.8. The van der Waals surface area contributed by atoms with Crippen molar-refractivity contribution in [1.29, 1.82) is 0 Å². The van der Waals surface area contributed by atoms with Crippen molar-refractivity contribution in [1.82, 2.24) is 15.2 Å². The van der Waals surface area contributed by atoms with Gasteiger partial charge >= 0.3 is 0 Å². The molecule has 1 aromatic heterocycles. The summed E-state index contributed by atoms with van der Waals surface area (Å²) in [7, 11) is 3.89. The third-order valence-electron chi connectivity index (χ3n) is 3.71. The highest BCUT2D eigenvalue weighted by molar-refractivity contribution is 5.98. The summed E-state index contributed by atoms with van der Waals surface area (Å²) in [5.41, 5.74) is 0.608. The minimum absolute atomic E-state index is 0.0427. The van der Waals surface area contributed by atoms with Crippen LogP contribution in [-0.4, -0.2) is 49.0 Å². The molecule has 0 radical (unpaired) electrons. The van der Waals surface area contributed by atoms with Crippen molar-refractivity contribution in [2.24, 2.45) is 5.92 Å². The zero-order chi connectivity index (χ0) is 13.8. The van der Waals surface area contributed by atoms with Crippen molar-refractivity contribution < 1.29 is 4.79 Å². The maximum absolute atomic E-state index is 12.3. The van der Waals surface area contributed by atoms with Crippen LogP contribution in [-0.2, 0) is 0 Å². The Morgan fingerprint density at radius 1 is 1.53 bits per heavy atom. The quantitative estimate of drug-likeness (QED) is 0.859. The number of anilines is 1.